The van der Waals surface area contributed by atoms with Crippen molar-refractivity contribution in [3.05, 3.63) is 0 Å². The standard InChI is InChI=1S/C9H18O3/c1-9(2,3)8-4-6(11)7(5-10)12-8/h6-8,10-11H,4-5H2,1-3H3. The monoisotopic (exact) mass is 174 g/mol. The third-order valence-corrected chi connectivity index (χ3v) is 2.37. The summed E-state index contributed by atoms with van der Waals surface area (Å²) in [5.41, 5.74) is 0.0465. The molecule has 0 bridgehead atoms. The molecule has 0 saturated carbocycles. The predicted octanol–water partition coefficient (Wildman–Crippen LogP) is 0.543. The molecule has 0 aliphatic carbocycles. The summed E-state index contributed by atoms with van der Waals surface area (Å²) in [6.07, 6.45) is -0.188. The van der Waals surface area contributed by atoms with Crippen LogP contribution in [0, 0.1) is 5.41 Å². The van der Waals surface area contributed by atoms with Crippen LogP contribution in [0.2, 0.25) is 0 Å². The fraction of sp³-hybridized carbons (Fsp3) is 1.00. The van der Waals surface area contributed by atoms with Gasteiger partial charge in [0, 0.05) is 6.42 Å². The molecule has 0 spiro atoms. The van der Waals surface area contributed by atoms with E-state index in [2.05, 4.69) is 20.8 Å². The van der Waals surface area contributed by atoms with Gasteiger partial charge >= 0.3 is 0 Å². The first-order chi connectivity index (χ1) is 5.45. The van der Waals surface area contributed by atoms with Crippen molar-refractivity contribution in [1.82, 2.24) is 0 Å². The highest BCUT2D eigenvalue weighted by Gasteiger charge is 2.39. The minimum absolute atomic E-state index is 0.0465. The molecule has 0 aromatic carbocycles. The Kier molecular flexibility index (Phi) is 2.76. The third-order valence-electron chi connectivity index (χ3n) is 2.37. The molecule has 3 heteroatoms. The Balaban J connectivity index is 2.54. The highest BCUT2D eigenvalue weighted by atomic mass is 16.5. The molecule has 3 nitrogen and oxygen atoms in total. The summed E-state index contributed by atoms with van der Waals surface area (Å²) in [4.78, 5) is 0. The van der Waals surface area contributed by atoms with Gasteiger partial charge in [0.05, 0.1) is 18.8 Å². The Bertz CT molecular complexity index is 150. The molecular formula is C9H18O3. The van der Waals surface area contributed by atoms with Gasteiger partial charge in [-0.1, -0.05) is 20.8 Å². The summed E-state index contributed by atoms with van der Waals surface area (Å²) in [5, 5.41) is 18.3. The Morgan fingerprint density at radius 2 is 2.00 bits per heavy atom. The fourth-order valence-corrected chi connectivity index (χ4v) is 1.45. The Labute approximate surface area is 73.4 Å². The van der Waals surface area contributed by atoms with E-state index in [0.717, 1.165) is 0 Å². The van der Waals surface area contributed by atoms with Crippen LogP contribution in [-0.4, -0.2) is 35.1 Å². The molecule has 2 N–H and O–H groups in total. The second-order valence-electron chi connectivity index (χ2n) is 4.51. The van der Waals surface area contributed by atoms with Crippen molar-refractivity contribution in [2.75, 3.05) is 6.61 Å². The maximum Gasteiger partial charge on any atom is 0.107 e. The maximum absolute atomic E-state index is 9.44. The molecule has 3 atom stereocenters. The van der Waals surface area contributed by atoms with Gasteiger partial charge in [-0.25, -0.2) is 0 Å². The van der Waals surface area contributed by atoms with Gasteiger partial charge in [0.2, 0.25) is 0 Å². The largest absolute Gasteiger partial charge is 0.394 e. The molecule has 1 rings (SSSR count). The first kappa shape index (κ1) is 9.96. The molecule has 12 heavy (non-hydrogen) atoms. The van der Waals surface area contributed by atoms with Crippen molar-refractivity contribution >= 4 is 0 Å². The minimum Gasteiger partial charge on any atom is -0.394 e. The second-order valence-corrected chi connectivity index (χ2v) is 4.51. The lowest BCUT2D eigenvalue weighted by Crippen LogP contribution is -2.27. The number of ether oxygens (including phenoxy) is 1. The second kappa shape index (κ2) is 3.32. The lowest BCUT2D eigenvalue weighted by Gasteiger charge is -2.26. The summed E-state index contributed by atoms with van der Waals surface area (Å²) in [6.45, 7) is 6.13. The fourth-order valence-electron chi connectivity index (χ4n) is 1.45. The zero-order valence-electron chi connectivity index (χ0n) is 7.95. The van der Waals surface area contributed by atoms with Crippen molar-refractivity contribution in [2.45, 2.75) is 45.5 Å². The molecule has 1 aliphatic rings. The molecule has 72 valence electrons. The Morgan fingerprint density at radius 1 is 1.42 bits per heavy atom. The van der Waals surface area contributed by atoms with Crippen LogP contribution in [-0.2, 0) is 4.74 Å². The predicted molar refractivity (Wildman–Crippen MR) is 45.8 cm³/mol. The highest BCUT2D eigenvalue weighted by molar-refractivity contribution is 4.87. The van der Waals surface area contributed by atoms with Gasteiger partial charge in [0.15, 0.2) is 0 Å². The number of hydrogen-bond acceptors (Lipinski definition) is 3. The molecule has 1 fully saturated rings. The van der Waals surface area contributed by atoms with Crippen molar-refractivity contribution in [2.24, 2.45) is 5.41 Å². The first-order valence-electron chi connectivity index (χ1n) is 4.39. The van der Waals surface area contributed by atoms with Crippen molar-refractivity contribution < 1.29 is 14.9 Å². The van der Waals surface area contributed by atoms with Crippen molar-refractivity contribution in [1.29, 1.82) is 0 Å². The van der Waals surface area contributed by atoms with E-state index in [1.807, 2.05) is 0 Å². The quantitative estimate of drug-likeness (QED) is 0.610. The third kappa shape index (κ3) is 1.97. The average molecular weight is 174 g/mol. The summed E-state index contributed by atoms with van der Waals surface area (Å²) in [7, 11) is 0. The van der Waals surface area contributed by atoms with Crippen molar-refractivity contribution in [3.63, 3.8) is 0 Å². The van der Waals surface area contributed by atoms with E-state index >= 15 is 0 Å². The molecule has 1 heterocycles. The van der Waals surface area contributed by atoms with Crippen LogP contribution in [0.5, 0.6) is 0 Å². The van der Waals surface area contributed by atoms with E-state index in [1.54, 1.807) is 0 Å². The van der Waals surface area contributed by atoms with Crippen LogP contribution in [0.4, 0.5) is 0 Å². The maximum atomic E-state index is 9.44. The summed E-state index contributed by atoms with van der Waals surface area (Å²) in [6, 6.07) is 0. The van der Waals surface area contributed by atoms with E-state index in [9.17, 15) is 5.11 Å². The first-order valence-corrected chi connectivity index (χ1v) is 4.39. The Hall–Kier alpha value is -0.120. The topological polar surface area (TPSA) is 49.7 Å². The van der Waals surface area contributed by atoms with E-state index in [1.165, 1.54) is 0 Å². The molecule has 0 radical (unpaired) electrons. The number of aliphatic hydroxyl groups is 2. The zero-order chi connectivity index (χ0) is 9.35. The minimum atomic E-state index is -0.501. The van der Waals surface area contributed by atoms with E-state index in [-0.39, 0.29) is 24.2 Å². The molecule has 0 amide bonds. The number of hydrogen-bond donors (Lipinski definition) is 2. The van der Waals surface area contributed by atoms with Crippen LogP contribution in [0.3, 0.4) is 0 Å². The van der Waals surface area contributed by atoms with E-state index in [4.69, 9.17) is 9.84 Å². The summed E-state index contributed by atoms with van der Waals surface area (Å²) < 4.78 is 5.49. The zero-order valence-corrected chi connectivity index (χ0v) is 7.95. The highest BCUT2D eigenvalue weighted by Crippen LogP contribution is 2.33. The van der Waals surface area contributed by atoms with Gasteiger partial charge in [-0.2, -0.15) is 0 Å². The van der Waals surface area contributed by atoms with Gasteiger partial charge in [0.25, 0.3) is 0 Å². The smallest absolute Gasteiger partial charge is 0.107 e. The number of rotatable bonds is 1. The van der Waals surface area contributed by atoms with E-state index < -0.39 is 6.10 Å². The average Bonchev–Trinajstić information content (AvgIpc) is 2.29. The number of aliphatic hydroxyl groups excluding tert-OH is 2. The Morgan fingerprint density at radius 3 is 2.25 bits per heavy atom. The lowest BCUT2D eigenvalue weighted by molar-refractivity contribution is -0.0526. The molecule has 3 unspecified atom stereocenters. The van der Waals surface area contributed by atoms with Crippen LogP contribution < -0.4 is 0 Å². The van der Waals surface area contributed by atoms with Gasteiger partial charge in [-0.3, -0.25) is 0 Å². The van der Waals surface area contributed by atoms with Crippen LogP contribution in [0.1, 0.15) is 27.2 Å². The molecule has 0 aromatic heterocycles. The van der Waals surface area contributed by atoms with Crippen LogP contribution in [0.15, 0.2) is 0 Å². The van der Waals surface area contributed by atoms with Gasteiger partial charge in [0.1, 0.15) is 6.10 Å². The van der Waals surface area contributed by atoms with Gasteiger partial charge < -0.3 is 14.9 Å². The molecule has 0 aromatic rings. The molecule has 1 aliphatic heterocycles. The lowest BCUT2D eigenvalue weighted by atomic mass is 9.87. The van der Waals surface area contributed by atoms with E-state index in [0.29, 0.717) is 6.42 Å². The normalized spacial score (nSPS) is 37.2. The summed E-state index contributed by atoms with van der Waals surface area (Å²) in [5.74, 6) is 0. The van der Waals surface area contributed by atoms with Crippen molar-refractivity contribution in [3.8, 4) is 0 Å². The summed E-state index contributed by atoms with van der Waals surface area (Å²) >= 11 is 0. The van der Waals surface area contributed by atoms with Gasteiger partial charge in [-0.05, 0) is 5.41 Å². The van der Waals surface area contributed by atoms with Crippen LogP contribution in [0.25, 0.3) is 0 Å². The SMILES string of the molecule is CC(C)(C)C1CC(O)C(CO)O1. The van der Waals surface area contributed by atoms with Gasteiger partial charge in [-0.15, -0.1) is 0 Å². The van der Waals surface area contributed by atoms with Crippen LogP contribution >= 0.6 is 0 Å². The molecule has 1 saturated heterocycles. The molecular weight excluding hydrogens is 156 g/mol.